The lowest BCUT2D eigenvalue weighted by Gasteiger charge is -2.36. The number of aryl methyl sites for hydroxylation is 1. The molecule has 4 amide bonds. The van der Waals surface area contributed by atoms with E-state index in [1.165, 1.54) is 34.2 Å². The number of nitrogens with zero attached hydrogens (tertiary/aromatic N) is 7. The number of nitriles is 1. The molecule has 2 aliphatic heterocycles. The maximum Gasteiger partial charge on any atom is 0.254 e. The highest BCUT2D eigenvalue weighted by Gasteiger charge is 2.45. The van der Waals surface area contributed by atoms with E-state index in [1.807, 2.05) is 64.4 Å². The smallest absolute Gasteiger partial charge is 0.254 e. The molecule has 16 nitrogen and oxygen atoms in total. The van der Waals surface area contributed by atoms with Gasteiger partial charge in [0.05, 0.1) is 46.5 Å². The van der Waals surface area contributed by atoms with E-state index in [2.05, 4.69) is 26.7 Å². The van der Waals surface area contributed by atoms with Crippen LogP contribution in [0.15, 0.2) is 60.2 Å². The second-order valence-corrected chi connectivity index (χ2v) is 20.5. The predicted molar refractivity (Wildman–Crippen MR) is 258 cm³/mol. The van der Waals surface area contributed by atoms with Crippen molar-refractivity contribution in [3.8, 4) is 33.4 Å². The molecule has 0 radical (unpaired) electrons. The van der Waals surface area contributed by atoms with Crippen molar-refractivity contribution in [3.63, 3.8) is 0 Å². The first-order valence-electron chi connectivity index (χ1n) is 23.4. The third-order valence-electron chi connectivity index (χ3n) is 13.7. The number of nitrogens with two attached hydrogens (primary N) is 1. The van der Waals surface area contributed by atoms with Gasteiger partial charge in [-0.25, -0.2) is 14.4 Å². The molecule has 18 heteroatoms. The average molecular weight is 959 g/mol. The van der Waals surface area contributed by atoms with E-state index < -0.39 is 47.3 Å². The van der Waals surface area contributed by atoms with Gasteiger partial charge in [-0.1, -0.05) is 51.5 Å². The summed E-state index contributed by atoms with van der Waals surface area (Å²) in [6, 6.07) is 13.2. The number of carbonyl (C=O) groups is 4. The van der Waals surface area contributed by atoms with Crippen LogP contribution in [0.5, 0.6) is 5.75 Å². The Labute approximate surface area is 405 Å². The molecule has 1 saturated carbocycles. The molecule has 5 aromatic rings. The van der Waals surface area contributed by atoms with Gasteiger partial charge in [-0.05, 0) is 87.3 Å². The fourth-order valence-corrected chi connectivity index (χ4v) is 10.6. The molecule has 1 saturated heterocycles. The third-order valence-corrected chi connectivity index (χ3v) is 14.7. The second kappa shape index (κ2) is 19.7. The normalized spacial score (nSPS) is 21.6. The van der Waals surface area contributed by atoms with Gasteiger partial charge in [-0.15, -0.1) is 11.3 Å². The van der Waals surface area contributed by atoms with Gasteiger partial charge in [0.2, 0.25) is 17.7 Å². The largest absolute Gasteiger partial charge is 0.482 e. The van der Waals surface area contributed by atoms with Crippen LogP contribution in [0.1, 0.15) is 130 Å². The fourth-order valence-electron chi connectivity index (χ4n) is 9.84. The van der Waals surface area contributed by atoms with Gasteiger partial charge in [-0.2, -0.15) is 10.4 Å². The highest BCUT2D eigenvalue weighted by Crippen LogP contribution is 2.40. The summed E-state index contributed by atoms with van der Waals surface area (Å²) in [5.74, 6) is -2.24. The summed E-state index contributed by atoms with van der Waals surface area (Å²) in [5, 5.41) is 32.7. The Morgan fingerprint density at radius 2 is 1.78 bits per heavy atom. The highest BCUT2D eigenvalue weighted by molar-refractivity contribution is 7.13. The zero-order valence-electron chi connectivity index (χ0n) is 40.0. The van der Waals surface area contributed by atoms with E-state index in [0.717, 1.165) is 21.7 Å². The maximum absolute atomic E-state index is 14.5. The molecule has 2 unspecified atom stereocenters. The predicted octanol–water partition coefficient (Wildman–Crippen LogP) is 7.19. The molecule has 5 N–H and O–H groups in total. The number of benzene rings is 2. The van der Waals surface area contributed by atoms with E-state index in [0.29, 0.717) is 54.5 Å². The van der Waals surface area contributed by atoms with Gasteiger partial charge < -0.3 is 36.0 Å². The molecule has 1 aliphatic carbocycles. The van der Waals surface area contributed by atoms with Gasteiger partial charge in [0, 0.05) is 54.4 Å². The van der Waals surface area contributed by atoms with Crippen molar-refractivity contribution >= 4 is 40.8 Å². The molecule has 2 bridgehead atoms. The molecule has 3 aliphatic rings. The first-order valence-corrected chi connectivity index (χ1v) is 24.3. The molecular weight excluding hydrogens is 900 g/mol. The first kappa shape index (κ1) is 48.7. The van der Waals surface area contributed by atoms with Crippen LogP contribution in [0.2, 0.25) is 0 Å². The van der Waals surface area contributed by atoms with E-state index in [9.17, 15) is 33.9 Å². The number of ether oxygens (including phenoxy) is 1. The quantitative estimate of drug-likeness (QED) is 0.114. The first-order chi connectivity index (χ1) is 32.8. The molecule has 2 aromatic carbocycles. The van der Waals surface area contributed by atoms with Crippen LogP contribution in [0, 0.1) is 35.4 Å². The highest BCUT2D eigenvalue weighted by atomic mass is 32.1. The number of nitrogen functional groups attached to an aromatic ring is 1. The molecule has 5 heterocycles. The van der Waals surface area contributed by atoms with Gasteiger partial charge in [0.1, 0.15) is 35.8 Å². The number of anilines is 1. The summed E-state index contributed by atoms with van der Waals surface area (Å²) in [6.07, 6.45) is 2.53. The summed E-state index contributed by atoms with van der Waals surface area (Å²) >= 11 is 1.56. The second-order valence-electron chi connectivity index (χ2n) is 19.7. The van der Waals surface area contributed by atoms with Gasteiger partial charge in [0.15, 0.2) is 11.6 Å². The van der Waals surface area contributed by atoms with Crippen LogP contribution < -0.4 is 21.1 Å². The molecule has 2 fully saturated rings. The van der Waals surface area contributed by atoms with E-state index in [-0.39, 0.29) is 72.1 Å². The number of aromatic nitrogens is 4. The van der Waals surface area contributed by atoms with Crippen LogP contribution >= 0.6 is 11.3 Å². The zero-order valence-corrected chi connectivity index (χ0v) is 40.8. The van der Waals surface area contributed by atoms with Gasteiger partial charge in [0.25, 0.3) is 5.91 Å². The minimum absolute atomic E-state index is 0.0132. The van der Waals surface area contributed by atoms with Crippen molar-refractivity contribution in [1.82, 2.24) is 40.2 Å². The van der Waals surface area contributed by atoms with Crippen LogP contribution in [0.3, 0.4) is 0 Å². The number of hydrogen-bond acceptors (Lipinski definition) is 12. The molecular formula is C51H59FN10O6S. The topological polar surface area (TPSA) is 222 Å². The number of nitrogens with one attached hydrogen (secondary N) is 2. The van der Waals surface area contributed by atoms with Crippen molar-refractivity contribution in [1.29, 1.82) is 5.26 Å². The van der Waals surface area contributed by atoms with Gasteiger partial charge >= 0.3 is 0 Å². The lowest BCUT2D eigenvalue weighted by Crippen LogP contribution is -2.58. The molecule has 8 rings (SSSR count). The standard InChI is InChI=1S/C51H59FN10O6S/c1-27(30-11-13-31(14-12-30)44-28(2)56-26-69-44)57-48(65)40-21-36(63)24-61(40)50(67)45(51(4,5)6)58-47(64)32-9-8-10-35(17-15-32)62-41(22-53)43-33-19-42(46(54)55-23-33)68-29(3)38-20-34(52)16-18-37(38)49(66)60(7)25-39(43)59-62/h11-14,16,18-20,23,26-27,29,32,35-36,40,45,63H,8-10,15,17,21,24-25H2,1-7H3,(H2,54,55)(H,57,65)(H,58,64)/t27-,29+,32?,35?,36+,40-,45+/m0/s1. The number of thiazole rings is 1. The van der Waals surface area contributed by atoms with Crippen LogP contribution in [-0.4, -0.2) is 90.1 Å². The number of likely N-dealkylation sites (tertiary alicyclic amines) is 1. The van der Waals surface area contributed by atoms with E-state index >= 15 is 0 Å². The number of rotatable bonds is 8. The molecule has 362 valence electrons. The number of fused-ring (bicyclic) bond motifs is 5. The SMILES string of the molecule is Cc1ncsc1-c1ccc([C@H](C)NC(=O)[C@@H]2C[C@@H](O)CN2C(=O)[C@@H](NC(=O)C2CCCC(n3nc4c(c3C#N)-c3cnc(N)c(c3)O[C@H](C)c3cc(F)ccc3C(=O)N(C)C4)CC2)C(C)(C)C)cc1. The molecule has 7 atom stereocenters. The van der Waals surface area contributed by atoms with Crippen LogP contribution in [-0.2, 0) is 20.9 Å². The molecule has 69 heavy (non-hydrogen) atoms. The van der Waals surface area contributed by atoms with Crippen molar-refractivity contribution in [2.24, 2.45) is 11.3 Å². The maximum atomic E-state index is 14.5. The monoisotopic (exact) mass is 958 g/mol. The minimum atomic E-state index is -1.00. The lowest BCUT2D eigenvalue weighted by atomic mass is 9.84. The third kappa shape index (κ3) is 10.1. The number of amides is 4. The zero-order chi connectivity index (χ0) is 49.5. The van der Waals surface area contributed by atoms with E-state index in [4.69, 9.17) is 15.6 Å². The number of aliphatic hydroxyl groups excluding tert-OH is 1. The van der Waals surface area contributed by atoms with Crippen molar-refractivity contribution in [2.45, 2.75) is 123 Å². The lowest BCUT2D eigenvalue weighted by molar-refractivity contribution is -0.144. The summed E-state index contributed by atoms with van der Waals surface area (Å²) in [5.41, 5.74) is 12.4. The Hall–Kier alpha value is -6.71. The number of carbonyl (C=O) groups excluding carboxylic acids is 4. The van der Waals surface area contributed by atoms with E-state index in [1.54, 1.807) is 36.1 Å². The van der Waals surface area contributed by atoms with Crippen LogP contribution in [0.25, 0.3) is 21.6 Å². The van der Waals surface area contributed by atoms with Crippen molar-refractivity contribution in [3.05, 3.63) is 99.8 Å². The summed E-state index contributed by atoms with van der Waals surface area (Å²) in [7, 11) is 1.62. The van der Waals surface area contributed by atoms with Crippen molar-refractivity contribution < 1.29 is 33.4 Å². The average Bonchev–Trinajstić information content (AvgIpc) is 3.97. The van der Waals surface area contributed by atoms with Crippen LogP contribution in [0.4, 0.5) is 10.2 Å². The Balaban J connectivity index is 0.980. The number of halogens is 1. The number of pyridine rings is 1. The number of aliphatic hydroxyl groups is 1. The van der Waals surface area contributed by atoms with Crippen molar-refractivity contribution in [2.75, 3.05) is 19.3 Å². The number of hydrogen-bond donors (Lipinski definition) is 4. The summed E-state index contributed by atoms with van der Waals surface area (Å²) in [6.45, 7) is 11.1. The van der Waals surface area contributed by atoms with Gasteiger partial charge in [-0.3, -0.25) is 23.9 Å². The molecule has 0 spiro atoms. The summed E-state index contributed by atoms with van der Waals surface area (Å²) in [4.78, 5) is 69.4. The fraction of sp³-hybridized carbons (Fsp3) is 0.451. The minimum Gasteiger partial charge on any atom is -0.482 e. The molecule has 3 aromatic heterocycles. The summed E-state index contributed by atoms with van der Waals surface area (Å²) < 4.78 is 22.4. The Bertz CT molecular complexity index is 2820. The number of β-amino-alcohol motifs (C(OH)–C–C–N with tert-alkyl or cyclic N) is 1. The Morgan fingerprint density at radius 3 is 2.48 bits per heavy atom. The Morgan fingerprint density at radius 1 is 1.03 bits per heavy atom. The Kier molecular flexibility index (Phi) is 13.9.